The lowest BCUT2D eigenvalue weighted by molar-refractivity contribution is -0.117. The lowest BCUT2D eigenvalue weighted by atomic mass is 10.2. The first-order chi connectivity index (χ1) is 8.08. The number of hydrogen-bond donors (Lipinski definition) is 1. The normalized spacial score (nSPS) is 19.0. The van der Waals surface area contributed by atoms with Crippen LogP contribution in [0.15, 0.2) is 4.79 Å². The van der Waals surface area contributed by atoms with Crippen molar-refractivity contribution in [3.05, 3.63) is 21.7 Å². The molecule has 90 valence electrons. The van der Waals surface area contributed by atoms with Crippen LogP contribution in [-0.2, 0) is 11.2 Å². The third-order valence-electron chi connectivity index (χ3n) is 3.30. The van der Waals surface area contributed by atoms with Crippen LogP contribution in [0.3, 0.4) is 0 Å². The molecule has 17 heavy (non-hydrogen) atoms. The summed E-state index contributed by atoms with van der Waals surface area (Å²) in [5.41, 5.74) is 0.376. The predicted octanol–water partition coefficient (Wildman–Crippen LogP) is 0.945. The highest BCUT2D eigenvalue weighted by atomic mass is 16.2. The molecule has 1 N–H and O–H groups in total. The molecule has 0 saturated heterocycles. The van der Waals surface area contributed by atoms with Crippen LogP contribution >= 0.6 is 0 Å². The van der Waals surface area contributed by atoms with Crippen LogP contribution in [0.5, 0.6) is 0 Å². The average molecular weight is 233 g/mol. The van der Waals surface area contributed by atoms with Crippen LogP contribution in [0, 0.1) is 0 Å². The first kappa shape index (κ1) is 10.5. The number of rotatable bonds is 2. The van der Waals surface area contributed by atoms with Crippen LogP contribution in [0.1, 0.15) is 44.0 Å². The lowest BCUT2D eigenvalue weighted by Crippen LogP contribution is -2.29. The molecule has 1 aliphatic carbocycles. The van der Waals surface area contributed by atoms with Gasteiger partial charge in [0.05, 0.1) is 12.0 Å². The molecule has 0 bridgehead atoms. The molecule has 0 radical (unpaired) electrons. The summed E-state index contributed by atoms with van der Waals surface area (Å²) < 4.78 is 0. The number of amides is 1. The van der Waals surface area contributed by atoms with Crippen LogP contribution in [0.25, 0.3) is 0 Å². The summed E-state index contributed by atoms with van der Waals surface area (Å²) in [5.74, 6) is 1.44. The minimum atomic E-state index is -0.157. The molecule has 1 aromatic heterocycles. The second-order valence-corrected chi connectivity index (χ2v) is 5.08. The molecule has 2 aliphatic rings. The van der Waals surface area contributed by atoms with E-state index < -0.39 is 0 Å². The number of carbonyl (C=O) groups is 1. The van der Waals surface area contributed by atoms with Gasteiger partial charge in [0, 0.05) is 12.0 Å². The van der Waals surface area contributed by atoms with Crippen LogP contribution < -0.4 is 10.5 Å². The smallest absolute Gasteiger partial charge is 0.256 e. The number of nitrogens with one attached hydrogen (secondary N) is 1. The summed E-state index contributed by atoms with van der Waals surface area (Å²) in [4.78, 5) is 32.7. The maximum absolute atomic E-state index is 11.9. The van der Waals surface area contributed by atoms with Gasteiger partial charge in [0.2, 0.25) is 5.91 Å². The summed E-state index contributed by atoms with van der Waals surface area (Å²) in [5, 5.41) is 0. The maximum Gasteiger partial charge on any atom is 0.256 e. The second-order valence-electron chi connectivity index (χ2n) is 5.08. The molecule has 3 rings (SSSR count). The molecule has 0 atom stereocenters. The van der Waals surface area contributed by atoms with Crippen molar-refractivity contribution in [2.75, 3.05) is 4.90 Å². The van der Waals surface area contributed by atoms with E-state index in [0.717, 1.165) is 12.8 Å². The molecule has 1 fully saturated rings. The zero-order chi connectivity index (χ0) is 12.2. The predicted molar refractivity (Wildman–Crippen MR) is 63.2 cm³/mol. The molecular formula is C12H15N3O2. The fourth-order valence-corrected chi connectivity index (χ4v) is 2.20. The first-order valence-electron chi connectivity index (χ1n) is 6.03. The standard InChI is InChI=1S/C12H15N3O2/c1-6(2)10-13-11-8(12(17)14-10)5-9(16)15(11)7-3-4-7/h6-7H,3-5H2,1-2H3,(H,13,14,17). The Hall–Kier alpha value is -1.65. The summed E-state index contributed by atoms with van der Waals surface area (Å²) in [6.07, 6.45) is 2.25. The highest BCUT2D eigenvalue weighted by Gasteiger charge is 2.41. The number of nitrogens with zero attached hydrogens (tertiary/aromatic N) is 2. The fraction of sp³-hybridized carbons (Fsp3) is 0.583. The van der Waals surface area contributed by atoms with Gasteiger partial charge in [0.25, 0.3) is 5.56 Å². The van der Waals surface area contributed by atoms with Gasteiger partial charge in [-0.25, -0.2) is 4.98 Å². The molecule has 0 unspecified atom stereocenters. The van der Waals surface area contributed by atoms with Gasteiger partial charge in [-0.3, -0.25) is 14.5 Å². The SMILES string of the molecule is CC(C)c1nc2c(c(=O)[nH]1)CC(=O)N2C1CC1. The molecule has 2 heterocycles. The Balaban J connectivity index is 2.14. The highest BCUT2D eigenvalue weighted by Crippen LogP contribution is 2.36. The molecule has 5 heteroatoms. The van der Waals surface area contributed by atoms with Crippen molar-refractivity contribution in [3.63, 3.8) is 0 Å². The van der Waals surface area contributed by atoms with E-state index in [4.69, 9.17) is 0 Å². The average Bonchev–Trinajstić information content (AvgIpc) is 3.02. The van der Waals surface area contributed by atoms with Crippen molar-refractivity contribution in [2.24, 2.45) is 0 Å². The van der Waals surface area contributed by atoms with E-state index in [0.29, 0.717) is 17.2 Å². The molecule has 1 amide bonds. The van der Waals surface area contributed by atoms with Crippen molar-refractivity contribution >= 4 is 11.7 Å². The van der Waals surface area contributed by atoms with E-state index in [-0.39, 0.29) is 29.8 Å². The Morgan fingerprint density at radius 3 is 2.65 bits per heavy atom. The van der Waals surface area contributed by atoms with E-state index in [1.807, 2.05) is 13.8 Å². The lowest BCUT2D eigenvalue weighted by Gasteiger charge is -2.16. The maximum atomic E-state index is 11.9. The van der Waals surface area contributed by atoms with E-state index in [9.17, 15) is 9.59 Å². The largest absolute Gasteiger partial charge is 0.310 e. The van der Waals surface area contributed by atoms with Gasteiger partial charge in [0.15, 0.2) is 0 Å². The van der Waals surface area contributed by atoms with Crippen molar-refractivity contribution in [3.8, 4) is 0 Å². The molecular weight excluding hydrogens is 218 g/mol. The van der Waals surface area contributed by atoms with Gasteiger partial charge in [-0.05, 0) is 12.8 Å². The minimum Gasteiger partial charge on any atom is -0.310 e. The molecule has 5 nitrogen and oxygen atoms in total. The topological polar surface area (TPSA) is 66.1 Å². The zero-order valence-electron chi connectivity index (χ0n) is 9.99. The number of H-pyrrole nitrogens is 1. The van der Waals surface area contributed by atoms with E-state index in [1.54, 1.807) is 4.90 Å². The number of aromatic amines is 1. The molecule has 1 aromatic rings. The van der Waals surface area contributed by atoms with Crippen LogP contribution in [0.2, 0.25) is 0 Å². The quantitative estimate of drug-likeness (QED) is 0.826. The summed E-state index contributed by atoms with van der Waals surface area (Å²) in [6, 6.07) is 0.276. The molecule has 1 aliphatic heterocycles. The second kappa shape index (κ2) is 3.42. The van der Waals surface area contributed by atoms with Gasteiger partial charge < -0.3 is 4.98 Å². The fourth-order valence-electron chi connectivity index (χ4n) is 2.20. The van der Waals surface area contributed by atoms with Gasteiger partial charge in [0.1, 0.15) is 11.6 Å². The Kier molecular flexibility index (Phi) is 2.11. The van der Waals surface area contributed by atoms with Crippen molar-refractivity contribution in [1.82, 2.24) is 9.97 Å². The molecule has 0 aromatic carbocycles. The monoisotopic (exact) mass is 233 g/mol. The van der Waals surface area contributed by atoms with E-state index in [1.165, 1.54) is 0 Å². The van der Waals surface area contributed by atoms with Gasteiger partial charge in [-0.1, -0.05) is 13.8 Å². The summed E-state index contributed by atoms with van der Waals surface area (Å²) in [6.45, 7) is 3.95. The third kappa shape index (κ3) is 1.57. The minimum absolute atomic E-state index is 0.0152. The Morgan fingerprint density at radius 2 is 2.06 bits per heavy atom. The number of anilines is 1. The number of fused-ring (bicyclic) bond motifs is 1. The van der Waals surface area contributed by atoms with Gasteiger partial charge >= 0.3 is 0 Å². The van der Waals surface area contributed by atoms with Crippen molar-refractivity contribution in [1.29, 1.82) is 0 Å². The zero-order valence-corrected chi connectivity index (χ0v) is 9.99. The third-order valence-corrected chi connectivity index (χ3v) is 3.30. The Morgan fingerprint density at radius 1 is 1.35 bits per heavy atom. The Labute approximate surface area is 98.9 Å². The summed E-state index contributed by atoms with van der Waals surface area (Å²) >= 11 is 0. The van der Waals surface area contributed by atoms with E-state index >= 15 is 0 Å². The van der Waals surface area contributed by atoms with Crippen molar-refractivity contribution < 1.29 is 4.79 Å². The first-order valence-corrected chi connectivity index (χ1v) is 6.03. The van der Waals surface area contributed by atoms with Crippen LogP contribution in [0.4, 0.5) is 5.82 Å². The van der Waals surface area contributed by atoms with Crippen molar-refractivity contribution in [2.45, 2.75) is 45.1 Å². The molecule has 1 saturated carbocycles. The van der Waals surface area contributed by atoms with Gasteiger partial charge in [-0.15, -0.1) is 0 Å². The highest BCUT2D eigenvalue weighted by molar-refractivity contribution is 6.00. The Bertz CT molecular complexity index is 543. The van der Waals surface area contributed by atoms with E-state index in [2.05, 4.69) is 9.97 Å². The summed E-state index contributed by atoms with van der Waals surface area (Å²) in [7, 11) is 0. The number of carbonyl (C=O) groups excluding carboxylic acids is 1. The number of hydrogen-bond acceptors (Lipinski definition) is 3. The van der Waals surface area contributed by atoms with Gasteiger partial charge in [-0.2, -0.15) is 0 Å². The number of aromatic nitrogens is 2. The van der Waals surface area contributed by atoms with Crippen LogP contribution in [-0.4, -0.2) is 21.9 Å². The molecule has 0 spiro atoms.